The van der Waals surface area contributed by atoms with Gasteiger partial charge in [0.15, 0.2) is 6.61 Å². The van der Waals surface area contributed by atoms with Crippen molar-refractivity contribution in [2.75, 3.05) is 38.2 Å². The number of aryl methyl sites for hydroxylation is 1. The van der Waals surface area contributed by atoms with Crippen LogP contribution in [-0.4, -0.2) is 62.5 Å². The van der Waals surface area contributed by atoms with Crippen molar-refractivity contribution in [3.8, 4) is 0 Å². The third-order valence-electron chi connectivity index (χ3n) is 4.37. The third-order valence-corrected chi connectivity index (χ3v) is 6.31. The molecule has 2 N–H and O–H groups in total. The van der Waals surface area contributed by atoms with E-state index in [1.807, 2.05) is 0 Å². The second kappa shape index (κ2) is 9.20. The Morgan fingerprint density at radius 3 is 2.67 bits per heavy atom. The summed E-state index contributed by atoms with van der Waals surface area (Å²) in [5, 5.41) is 2.47. The van der Waals surface area contributed by atoms with E-state index in [2.05, 4.69) is 10.3 Å². The molecule has 1 aliphatic heterocycles. The lowest BCUT2D eigenvalue weighted by atomic mass is 10.2. The number of carbonyl (C=O) groups excluding carboxylic acids is 2. The molecule has 1 aromatic heterocycles. The Bertz CT molecular complexity index is 1110. The molecule has 0 radical (unpaired) electrons. The molecule has 160 valence electrons. The molecule has 3 rings (SSSR count). The Morgan fingerprint density at radius 1 is 1.23 bits per heavy atom. The van der Waals surface area contributed by atoms with Crippen LogP contribution >= 0.6 is 0 Å². The molecule has 0 unspecified atom stereocenters. The van der Waals surface area contributed by atoms with E-state index in [-0.39, 0.29) is 29.2 Å². The Balaban J connectivity index is 1.73. The predicted molar refractivity (Wildman–Crippen MR) is 107 cm³/mol. The number of pyridine rings is 1. The van der Waals surface area contributed by atoms with Crippen molar-refractivity contribution in [2.45, 2.75) is 11.8 Å². The van der Waals surface area contributed by atoms with E-state index in [4.69, 9.17) is 9.47 Å². The van der Waals surface area contributed by atoms with E-state index in [0.717, 1.165) is 0 Å². The van der Waals surface area contributed by atoms with E-state index in [1.165, 1.54) is 34.8 Å². The first-order chi connectivity index (χ1) is 14.3. The molecule has 1 fully saturated rings. The number of anilines is 1. The molecule has 1 amide bonds. The molecule has 1 aromatic carbocycles. The topological polar surface area (TPSA) is 135 Å². The van der Waals surface area contributed by atoms with Crippen molar-refractivity contribution in [1.82, 2.24) is 9.29 Å². The molecule has 0 atom stereocenters. The fourth-order valence-corrected chi connectivity index (χ4v) is 4.49. The molecule has 0 spiro atoms. The number of esters is 1. The number of ether oxygens (including phenoxy) is 2. The fraction of sp³-hybridized carbons (Fsp3) is 0.316. The molecule has 0 aliphatic carbocycles. The summed E-state index contributed by atoms with van der Waals surface area (Å²) in [4.78, 5) is 38.1. The van der Waals surface area contributed by atoms with Gasteiger partial charge in [-0.1, -0.05) is 6.07 Å². The lowest BCUT2D eigenvalue weighted by Crippen LogP contribution is -2.41. The molecule has 2 heterocycles. The van der Waals surface area contributed by atoms with Crippen LogP contribution in [0.4, 0.5) is 5.69 Å². The minimum absolute atomic E-state index is 0.0522. The van der Waals surface area contributed by atoms with Crippen LogP contribution in [0.15, 0.2) is 46.2 Å². The summed E-state index contributed by atoms with van der Waals surface area (Å²) < 4.78 is 37.4. The first-order valence-electron chi connectivity index (χ1n) is 9.12. The van der Waals surface area contributed by atoms with Gasteiger partial charge in [-0.25, -0.2) is 13.2 Å². The average Bonchev–Trinajstić information content (AvgIpc) is 2.74. The number of hydrogen-bond donors (Lipinski definition) is 2. The van der Waals surface area contributed by atoms with Crippen molar-refractivity contribution in [2.24, 2.45) is 0 Å². The van der Waals surface area contributed by atoms with E-state index in [1.54, 1.807) is 13.0 Å². The van der Waals surface area contributed by atoms with Gasteiger partial charge in [-0.2, -0.15) is 4.31 Å². The first-order valence-corrected chi connectivity index (χ1v) is 10.6. The molecule has 1 saturated heterocycles. The van der Waals surface area contributed by atoms with Gasteiger partial charge in [-0.15, -0.1) is 0 Å². The number of morpholine rings is 1. The van der Waals surface area contributed by atoms with Gasteiger partial charge in [0.05, 0.1) is 18.9 Å². The highest BCUT2D eigenvalue weighted by Crippen LogP contribution is 2.26. The maximum absolute atomic E-state index is 13.0. The third kappa shape index (κ3) is 4.93. The number of hydrogen-bond acceptors (Lipinski definition) is 7. The number of aromatic nitrogens is 1. The summed E-state index contributed by atoms with van der Waals surface area (Å²) in [6.07, 6.45) is 1.36. The van der Waals surface area contributed by atoms with Crippen molar-refractivity contribution in [3.63, 3.8) is 0 Å². The molecule has 0 saturated carbocycles. The number of nitrogens with zero attached hydrogens (tertiary/aromatic N) is 1. The van der Waals surface area contributed by atoms with Crippen LogP contribution in [0.1, 0.15) is 15.9 Å². The number of benzene rings is 1. The number of sulfonamides is 1. The van der Waals surface area contributed by atoms with Crippen LogP contribution in [0.3, 0.4) is 0 Å². The van der Waals surface area contributed by atoms with Crippen LogP contribution in [0, 0.1) is 6.92 Å². The lowest BCUT2D eigenvalue weighted by Gasteiger charge is -2.27. The molecule has 0 bridgehead atoms. The van der Waals surface area contributed by atoms with Crippen LogP contribution < -0.4 is 10.9 Å². The van der Waals surface area contributed by atoms with Crippen LogP contribution in [0.2, 0.25) is 0 Å². The smallest absolute Gasteiger partial charge is 0.344 e. The van der Waals surface area contributed by atoms with Gasteiger partial charge < -0.3 is 19.8 Å². The highest BCUT2D eigenvalue weighted by atomic mass is 32.2. The predicted octanol–water partition coefficient (Wildman–Crippen LogP) is 0.500. The molecule has 1 aliphatic rings. The molecule has 30 heavy (non-hydrogen) atoms. The average molecular weight is 435 g/mol. The maximum Gasteiger partial charge on any atom is 0.344 e. The van der Waals surface area contributed by atoms with Gasteiger partial charge in [-0.3, -0.25) is 9.59 Å². The Labute approximate surface area is 172 Å². The zero-order valence-electron chi connectivity index (χ0n) is 16.2. The van der Waals surface area contributed by atoms with Crippen LogP contribution in [0.5, 0.6) is 0 Å². The maximum atomic E-state index is 13.0. The number of H-pyrrole nitrogens is 1. The summed E-state index contributed by atoms with van der Waals surface area (Å²) in [6.45, 7) is 2.07. The van der Waals surface area contributed by atoms with E-state index < -0.39 is 34.1 Å². The van der Waals surface area contributed by atoms with Crippen molar-refractivity contribution < 1.29 is 27.5 Å². The minimum Gasteiger partial charge on any atom is -0.452 e. The summed E-state index contributed by atoms with van der Waals surface area (Å²) in [5.74, 6) is -1.70. The van der Waals surface area contributed by atoms with Gasteiger partial charge in [0.1, 0.15) is 10.5 Å². The summed E-state index contributed by atoms with van der Waals surface area (Å²) >= 11 is 0. The number of carbonyl (C=O) groups is 2. The zero-order chi connectivity index (χ0) is 21.7. The number of amides is 1. The van der Waals surface area contributed by atoms with Gasteiger partial charge in [0, 0.05) is 19.3 Å². The van der Waals surface area contributed by atoms with Gasteiger partial charge in [0.2, 0.25) is 10.0 Å². The Hall–Kier alpha value is -3.02. The number of rotatable bonds is 6. The van der Waals surface area contributed by atoms with Gasteiger partial charge in [0.25, 0.3) is 11.5 Å². The SMILES string of the molecule is Cc1ccc(NC(=O)COC(=O)c2ccc[nH]c2=O)c(S(=O)(=O)N2CCOCC2)c1. The Morgan fingerprint density at radius 2 is 1.97 bits per heavy atom. The quantitative estimate of drug-likeness (QED) is 0.631. The summed E-state index contributed by atoms with van der Waals surface area (Å²) in [5.41, 5.74) is -0.100. The highest BCUT2D eigenvalue weighted by Gasteiger charge is 2.29. The van der Waals surface area contributed by atoms with Crippen molar-refractivity contribution in [1.29, 1.82) is 0 Å². The fourth-order valence-electron chi connectivity index (χ4n) is 2.85. The van der Waals surface area contributed by atoms with E-state index in [0.29, 0.717) is 18.8 Å². The molecular formula is C19H21N3O7S. The number of nitrogens with one attached hydrogen (secondary N) is 2. The van der Waals surface area contributed by atoms with Gasteiger partial charge >= 0.3 is 5.97 Å². The van der Waals surface area contributed by atoms with Crippen LogP contribution in [0.25, 0.3) is 0 Å². The zero-order valence-corrected chi connectivity index (χ0v) is 17.0. The summed E-state index contributed by atoms with van der Waals surface area (Å²) in [7, 11) is -3.86. The number of aromatic amines is 1. The van der Waals surface area contributed by atoms with Crippen molar-refractivity contribution in [3.05, 3.63) is 58.0 Å². The molecule has 10 nitrogen and oxygen atoms in total. The monoisotopic (exact) mass is 435 g/mol. The molecular weight excluding hydrogens is 414 g/mol. The Kier molecular flexibility index (Phi) is 6.65. The second-order valence-electron chi connectivity index (χ2n) is 6.55. The standard InChI is InChI=1S/C19H21N3O7S/c1-13-4-5-15(16(11-13)30(26,27)22-7-9-28-10-8-22)21-17(23)12-29-19(25)14-3-2-6-20-18(14)24/h2-6,11H,7-10,12H2,1H3,(H,20,24)(H,21,23). The lowest BCUT2D eigenvalue weighted by molar-refractivity contribution is -0.119. The van der Waals surface area contributed by atoms with Crippen molar-refractivity contribution >= 4 is 27.6 Å². The van der Waals surface area contributed by atoms with E-state index in [9.17, 15) is 22.8 Å². The largest absolute Gasteiger partial charge is 0.452 e. The van der Waals surface area contributed by atoms with Crippen LogP contribution in [-0.2, 0) is 24.3 Å². The highest BCUT2D eigenvalue weighted by molar-refractivity contribution is 7.89. The molecule has 11 heteroatoms. The first kappa shape index (κ1) is 21.7. The minimum atomic E-state index is -3.86. The molecule has 2 aromatic rings. The van der Waals surface area contributed by atoms with E-state index >= 15 is 0 Å². The summed E-state index contributed by atoms with van der Waals surface area (Å²) in [6, 6.07) is 7.32. The van der Waals surface area contributed by atoms with Gasteiger partial charge in [-0.05, 0) is 36.8 Å². The second-order valence-corrected chi connectivity index (χ2v) is 8.46. The normalized spacial score (nSPS) is 14.8.